The van der Waals surface area contributed by atoms with Gasteiger partial charge in [-0.25, -0.2) is 14.6 Å². The molecule has 10 nitrogen and oxygen atoms in total. The molecule has 41 heavy (non-hydrogen) atoms. The molecule has 1 saturated carbocycles. The monoisotopic (exact) mass is 565 g/mol. The zero-order valence-corrected chi connectivity index (χ0v) is 24.8. The Balaban J connectivity index is 1.61. The standard InChI is InChI=1S/C31H43N5O5/c1-6-36(22-12-8-7-9-13-22)31(40)33-24(16-19(2)3)28(37)32-25(29-34-27(30(38)39)20(4)41-29)17-21-18-35(5)26-15-11-10-14-23(21)26/h10-11,14-15,18-19,22,24-25H,6-9,12-13,16-17H2,1-5H3,(H,32,37)(H,33,40)(H,38,39)/t24-,25+/m0/s1. The van der Waals surface area contributed by atoms with Crippen LogP contribution in [-0.2, 0) is 18.3 Å². The van der Waals surface area contributed by atoms with Crippen molar-refractivity contribution in [3.05, 3.63) is 53.4 Å². The second-order valence-electron chi connectivity index (χ2n) is 11.5. The zero-order valence-electron chi connectivity index (χ0n) is 24.8. The molecule has 1 aliphatic rings. The van der Waals surface area contributed by atoms with Crippen molar-refractivity contribution >= 4 is 28.8 Å². The van der Waals surface area contributed by atoms with E-state index in [4.69, 9.17) is 4.42 Å². The van der Waals surface area contributed by atoms with E-state index in [1.54, 1.807) is 6.92 Å². The summed E-state index contributed by atoms with van der Waals surface area (Å²) < 4.78 is 7.81. The van der Waals surface area contributed by atoms with Gasteiger partial charge in [-0.05, 0) is 50.7 Å². The summed E-state index contributed by atoms with van der Waals surface area (Å²) in [5.74, 6) is -1.12. The average molecular weight is 566 g/mol. The SMILES string of the molecule is CCN(C(=O)N[C@@H](CC(C)C)C(=O)N[C@H](Cc1cn(C)c2ccccc12)c1nc(C(=O)O)c(C)o1)C1CCCCC1. The minimum Gasteiger partial charge on any atom is -0.476 e. The van der Waals surface area contributed by atoms with Gasteiger partial charge in [0.15, 0.2) is 5.69 Å². The highest BCUT2D eigenvalue weighted by molar-refractivity contribution is 5.88. The van der Waals surface area contributed by atoms with Crippen LogP contribution >= 0.6 is 0 Å². The van der Waals surface area contributed by atoms with Crippen LogP contribution in [0.4, 0.5) is 4.79 Å². The molecule has 1 fully saturated rings. The average Bonchev–Trinajstić information content (AvgIpc) is 3.48. The van der Waals surface area contributed by atoms with Gasteiger partial charge in [-0.3, -0.25) is 4.79 Å². The molecule has 1 aromatic carbocycles. The van der Waals surface area contributed by atoms with Crippen LogP contribution in [0, 0.1) is 12.8 Å². The molecule has 0 bridgehead atoms. The molecule has 3 aromatic rings. The van der Waals surface area contributed by atoms with Crippen LogP contribution in [0.15, 0.2) is 34.9 Å². The lowest BCUT2D eigenvalue weighted by molar-refractivity contribution is -0.124. The van der Waals surface area contributed by atoms with Crippen LogP contribution in [0.25, 0.3) is 10.9 Å². The van der Waals surface area contributed by atoms with Crippen LogP contribution in [0.1, 0.15) is 93.0 Å². The second-order valence-corrected chi connectivity index (χ2v) is 11.5. The van der Waals surface area contributed by atoms with Crippen LogP contribution < -0.4 is 10.6 Å². The van der Waals surface area contributed by atoms with Gasteiger partial charge in [-0.2, -0.15) is 0 Å². The Morgan fingerprint density at radius 2 is 1.85 bits per heavy atom. The van der Waals surface area contributed by atoms with E-state index in [2.05, 4.69) is 15.6 Å². The lowest BCUT2D eigenvalue weighted by atomic mass is 9.94. The van der Waals surface area contributed by atoms with E-state index in [1.807, 2.05) is 67.7 Å². The van der Waals surface area contributed by atoms with E-state index < -0.39 is 18.1 Å². The normalized spacial score (nSPS) is 15.6. The number of carbonyl (C=O) groups excluding carboxylic acids is 2. The summed E-state index contributed by atoms with van der Waals surface area (Å²) in [7, 11) is 1.96. The molecule has 0 radical (unpaired) electrons. The molecular formula is C31H43N5O5. The highest BCUT2D eigenvalue weighted by Gasteiger charge is 2.32. The summed E-state index contributed by atoms with van der Waals surface area (Å²) in [4.78, 5) is 45.1. The molecule has 0 saturated heterocycles. The summed E-state index contributed by atoms with van der Waals surface area (Å²) in [6.45, 7) is 8.11. The Morgan fingerprint density at radius 3 is 2.49 bits per heavy atom. The maximum atomic E-state index is 13.8. The highest BCUT2D eigenvalue weighted by Crippen LogP contribution is 2.28. The molecule has 0 spiro atoms. The summed E-state index contributed by atoms with van der Waals surface area (Å²) in [5, 5.41) is 16.7. The summed E-state index contributed by atoms with van der Waals surface area (Å²) in [6, 6.07) is 6.39. The highest BCUT2D eigenvalue weighted by atomic mass is 16.4. The van der Waals surface area contributed by atoms with Crippen molar-refractivity contribution in [2.75, 3.05) is 6.54 Å². The number of aromatic nitrogens is 2. The van der Waals surface area contributed by atoms with Gasteiger partial charge in [-0.1, -0.05) is 51.3 Å². The van der Waals surface area contributed by atoms with Crippen molar-refractivity contribution < 1.29 is 23.9 Å². The van der Waals surface area contributed by atoms with Gasteiger partial charge in [0.2, 0.25) is 11.8 Å². The number of carbonyl (C=O) groups is 3. The number of hydrogen-bond acceptors (Lipinski definition) is 5. The molecule has 4 rings (SSSR count). The first-order valence-corrected chi connectivity index (χ1v) is 14.7. The summed E-state index contributed by atoms with van der Waals surface area (Å²) >= 11 is 0. The molecule has 2 heterocycles. The van der Waals surface area contributed by atoms with Crippen LogP contribution in [0.2, 0.25) is 0 Å². The third-order valence-electron chi connectivity index (χ3n) is 7.97. The Bertz CT molecular complexity index is 1370. The van der Waals surface area contributed by atoms with E-state index >= 15 is 0 Å². The fourth-order valence-corrected chi connectivity index (χ4v) is 5.94. The number of aryl methyl sites for hydroxylation is 2. The van der Waals surface area contributed by atoms with Gasteiger partial charge < -0.3 is 29.6 Å². The van der Waals surface area contributed by atoms with Gasteiger partial charge in [0.05, 0.1) is 0 Å². The van der Waals surface area contributed by atoms with E-state index in [1.165, 1.54) is 6.42 Å². The number of urea groups is 1. The van der Waals surface area contributed by atoms with Gasteiger partial charge in [0.1, 0.15) is 17.8 Å². The third-order valence-corrected chi connectivity index (χ3v) is 7.97. The number of benzene rings is 1. The first-order valence-electron chi connectivity index (χ1n) is 14.7. The number of fused-ring (bicyclic) bond motifs is 1. The predicted octanol–water partition coefficient (Wildman–Crippen LogP) is 5.35. The van der Waals surface area contributed by atoms with Crippen molar-refractivity contribution in [1.29, 1.82) is 0 Å². The number of oxazole rings is 1. The van der Waals surface area contributed by atoms with Gasteiger partial charge in [0.25, 0.3) is 0 Å². The second kappa shape index (κ2) is 13.2. The molecule has 0 aliphatic heterocycles. The summed E-state index contributed by atoms with van der Waals surface area (Å²) in [6.07, 6.45) is 8.13. The fraction of sp³-hybridized carbons (Fsp3) is 0.548. The minimum atomic E-state index is -1.19. The Hall–Kier alpha value is -3.82. The smallest absolute Gasteiger partial charge is 0.358 e. The topological polar surface area (TPSA) is 130 Å². The number of rotatable bonds is 11. The van der Waals surface area contributed by atoms with Gasteiger partial charge in [0, 0.05) is 43.2 Å². The molecule has 0 unspecified atom stereocenters. The van der Waals surface area contributed by atoms with E-state index in [0.29, 0.717) is 19.4 Å². The number of carboxylic acid groups (broad SMARTS) is 1. The largest absolute Gasteiger partial charge is 0.476 e. The molecule has 3 amide bonds. The van der Waals surface area contributed by atoms with Crippen LogP contribution in [0.5, 0.6) is 0 Å². The maximum Gasteiger partial charge on any atom is 0.358 e. The number of aromatic carboxylic acids is 1. The zero-order chi connectivity index (χ0) is 29.7. The maximum absolute atomic E-state index is 13.8. The first-order chi connectivity index (χ1) is 19.6. The minimum absolute atomic E-state index is 0.119. The quantitative estimate of drug-likeness (QED) is 0.287. The van der Waals surface area contributed by atoms with Gasteiger partial charge in [-0.15, -0.1) is 0 Å². The molecule has 2 atom stereocenters. The first kappa shape index (κ1) is 30.1. The number of nitrogens with zero attached hydrogens (tertiary/aromatic N) is 3. The van der Waals surface area contributed by atoms with Crippen molar-refractivity contribution in [3.8, 4) is 0 Å². The van der Waals surface area contributed by atoms with Crippen molar-refractivity contribution in [2.45, 2.75) is 90.8 Å². The number of nitrogens with one attached hydrogen (secondary N) is 2. The summed E-state index contributed by atoms with van der Waals surface area (Å²) in [5.41, 5.74) is 1.81. The van der Waals surface area contributed by atoms with Crippen molar-refractivity contribution in [3.63, 3.8) is 0 Å². The number of amides is 3. The van der Waals surface area contributed by atoms with E-state index in [0.717, 1.165) is 42.1 Å². The molecule has 1 aliphatic carbocycles. The van der Waals surface area contributed by atoms with Crippen LogP contribution in [-0.4, -0.2) is 56.1 Å². The molecule has 222 valence electrons. The lowest BCUT2D eigenvalue weighted by Crippen LogP contribution is -2.54. The molecule has 10 heteroatoms. The molecule has 3 N–H and O–H groups in total. The van der Waals surface area contributed by atoms with E-state index in [9.17, 15) is 19.5 Å². The third kappa shape index (κ3) is 7.10. The molecular weight excluding hydrogens is 522 g/mol. The number of para-hydroxylation sites is 1. The lowest BCUT2D eigenvalue weighted by Gasteiger charge is -2.35. The van der Waals surface area contributed by atoms with Crippen LogP contribution in [0.3, 0.4) is 0 Å². The fourth-order valence-electron chi connectivity index (χ4n) is 5.94. The van der Waals surface area contributed by atoms with Crippen molar-refractivity contribution in [1.82, 2.24) is 25.1 Å². The Kier molecular flexibility index (Phi) is 9.73. The van der Waals surface area contributed by atoms with E-state index in [-0.39, 0.29) is 41.2 Å². The number of carboxylic acids is 1. The Labute approximate surface area is 241 Å². The molecule has 2 aromatic heterocycles. The number of hydrogen-bond donors (Lipinski definition) is 3. The van der Waals surface area contributed by atoms with Crippen molar-refractivity contribution in [2.24, 2.45) is 13.0 Å². The predicted molar refractivity (Wildman–Crippen MR) is 157 cm³/mol. The van der Waals surface area contributed by atoms with Gasteiger partial charge >= 0.3 is 12.0 Å². The Morgan fingerprint density at radius 1 is 1.15 bits per heavy atom.